The normalized spacial score (nSPS) is 20.2. The Morgan fingerprint density at radius 1 is 1.65 bits per heavy atom. The number of amides is 1. The molecule has 1 unspecified atom stereocenters. The fraction of sp³-hybridized carbons (Fsp3) is 0.615. The molecule has 0 aromatic carbocycles. The standard InChI is InChI=1S/C13H20N2O2/c1-10-12(5-7-17-10)9-15(2)13(16)11-4-3-6-14-8-11/h5,7,11,14H,3-4,6,8-9H2,1-2H3. The van der Waals surface area contributed by atoms with E-state index in [9.17, 15) is 4.79 Å². The summed E-state index contributed by atoms with van der Waals surface area (Å²) in [6.45, 7) is 4.41. The van der Waals surface area contributed by atoms with Crippen LogP contribution in [-0.4, -0.2) is 30.9 Å². The van der Waals surface area contributed by atoms with E-state index in [0.717, 1.165) is 37.3 Å². The second-order valence-electron chi connectivity index (χ2n) is 4.74. The van der Waals surface area contributed by atoms with Gasteiger partial charge in [-0.15, -0.1) is 0 Å². The van der Waals surface area contributed by atoms with Gasteiger partial charge in [-0.3, -0.25) is 4.79 Å². The highest BCUT2D eigenvalue weighted by Gasteiger charge is 2.24. The molecule has 0 bridgehead atoms. The average Bonchev–Trinajstić information content (AvgIpc) is 2.75. The molecule has 1 saturated heterocycles. The number of nitrogens with one attached hydrogen (secondary N) is 1. The number of hydrogen-bond acceptors (Lipinski definition) is 3. The molecule has 0 radical (unpaired) electrons. The van der Waals surface area contributed by atoms with Crippen molar-refractivity contribution >= 4 is 5.91 Å². The summed E-state index contributed by atoms with van der Waals surface area (Å²) in [4.78, 5) is 14.0. The zero-order chi connectivity index (χ0) is 12.3. The number of furan rings is 1. The van der Waals surface area contributed by atoms with E-state index in [1.165, 1.54) is 0 Å². The van der Waals surface area contributed by atoms with Crippen molar-refractivity contribution in [3.8, 4) is 0 Å². The first-order chi connectivity index (χ1) is 8.18. The van der Waals surface area contributed by atoms with Gasteiger partial charge in [-0.1, -0.05) is 0 Å². The van der Waals surface area contributed by atoms with Gasteiger partial charge in [0.15, 0.2) is 0 Å². The zero-order valence-electron chi connectivity index (χ0n) is 10.5. The van der Waals surface area contributed by atoms with Gasteiger partial charge in [0.05, 0.1) is 12.2 Å². The van der Waals surface area contributed by atoms with Gasteiger partial charge >= 0.3 is 0 Å². The third-order valence-corrected chi connectivity index (χ3v) is 3.40. The SMILES string of the molecule is Cc1occc1CN(C)C(=O)C1CCCNC1. The molecule has 1 fully saturated rings. The van der Waals surface area contributed by atoms with Crippen LogP contribution in [0.25, 0.3) is 0 Å². The van der Waals surface area contributed by atoms with Crippen molar-refractivity contribution in [1.29, 1.82) is 0 Å². The lowest BCUT2D eigenvalue weighted by molar-refractivity contribution is -0.135. The maximum atomic E-state index is 12.2. The molecule has 0 aliphatic carbocycles. The van der Waals surface area contributed by atoms with Gasteiger partial charge in [-0.05, 0) is 32.4 Å². The largest absolute Gasteiger partial charge is 0.469 e. The Bertz CT molecular complexity index is 381. The molecule has 2 heterocycles. The minimum atomic E-state index is 0.140. The second kappa shape index (κ2) is 5.36. The van der Waals surface area contributed by atoms with Gasteiger partial charge in [-0.25, -0.2) is 0 Å². The molecule has 4 nitrogen and oxygen atoms in total. The summed E-state index contributed by atoms with van der Waals surface area (Å²) in [7, 11) is 1.86. The Morgan fingerprint density at radius 2 is 2.47 bits per heavy atom. The van der Waals surface area contributed by atoms with Crippen molar-refractivity contribution in [2.45, 2.75) is 26.3 Å². The summed E-state index contributed by atoms with van der Waals surface area (Å²) >= 11 is 0. The van der Waals surface area contributed by atoms with E-state index in [2.05, 4.69) is 5.32 Å². The maximum Gasteiger partial charge on any atom is 0.227 e. The lowest BCUT2D eigenvalue weighted by atomic mass is 9.98. The lowest BCUT2D eigenvalue weighted by Crippen LogP contribution is -2.41. The van der Waals surface area contributed by atoms with Crippen LogP contribution in [0.1, 0.15) is 24.2 Å². The third kappa shape index (κ3) is 2.88. The highest BCUT2D eigenvalue weighted by atomic mass is 16.3. The van der Waals surface area contributed by atoms with Gasteiger partial charge in [0.2, 0.25) is 5.91 Å². The highest BCUT2D eigenvalue weighted by Crippen LogP contribution is 2.16. The summed E-state index contributed by atoms with van der Waals surface area (Å²) < 4.78 is 5.24. The van der Waals surface area contributed by atoms with Crippen LogP contribution in [0, 0.1) is 12.8 Å². The number of rotatable bonds is 3. The molecule has 4 heteroatoms. The predicted octanol–water partition coefficient (Wildman–Crippen LogP) is 1.55. The summed E-state index contributed by atoms with van der Waals surface area (Å²) in [6.07, 6.45) is 3.76. The van der Waals surface area contributed by atoms with Crippen LogP contribution >= 0.6 is 0 Å². The topological polar surface area (TPSA) is 45.5 Å². The first kappa shape index (κ1) is 12.2. The molecule has 1 aromatic rings. The second-order valence-corrected chi connectivity index (χ2v) is 4.74. The quantitative estimate of drug-likeness (QED) is 0.866. The molecule has 1 amide bonds. The maximum absolute atomic E-state index is 12.2. The van der Waals surface area contributed by atoms with Crippen LogP contribution in [-0.2, 0) is 11.3 Å². The Morgan fingerprint density at radius 3 is 3.06 bits per heavy atom. The molecule has 2 rings (SSSR count). The molecule has 1 aliphatic rings. The Labute approximate surface area is 102 Å². The first-order valence-corrected chi connectivity index (χ1v) is 6.17. The molecule has 17 heavy (non-hydrogen) atoms. The number of carbonyl (C=O) groups is 1. The Balaban J connectivity index is 1.93. The number of nitrogens with zero attached hydrogens (tertiary/aromatic N) is 1. The van der Waals surface area contributed by atoms with Crippen LogP contribution in [0.4, 0.5) is 0 Å². The van der Waals surface area contributed by atoms with E-state index >= 15 is 0 Å². The highest BCUT2D eigenvalue weighted by molar-refractivity contribution is 5.78. The van der Waals surface area contributed by atoms with Crippen molar-refractivity contribution in [1.82, 2.24) is 10.2 Å². The molecule has 0 spiro atoms. The van der Waals surface area contributed by atoms with Gasteiger partial charge in [0.1, 0.15) is 5.76 Å². The summed E-state index contributed by atoms with van der Waals surface area (Å²) in [5.74, 6) is 1.27. The van der Waals surface area contributed by atoms with Gasteiger partial charge in [0.25, 0.3) is 0 Å². The van der Waals surface area contributed by atoms with Crippen LogP contribution in [0.2, 0.25) is 0 Å². The summed E-state index contributed by atoms with van der Waals surface area (Å²) in [5, 5.41) is 3.27. The smallest absolute Gasteiger partial charge is 0.227 e. The Hall–Kier alpha value is -1.29. The summed E-state index contributed by atoms with van der Waals surface area (Å²) in [5.41, 5.74) is 1.09. The molecular weight excluding hydrogens is 216 g/mol. The third-order valence-electron chi connectivity index (χ3n) is 3.40. The lowest BCUT2D eigenvalue weighted by Gasteiger charge is -2.26. The zero-order valence-corrected chi connectivity index (χ0v) is 10.5. The van der Waals surface area contributed by atoms with E-state index < -0.39 is 0 Å². The number of hydrogen-bond donors (Lipinski definition) is 1. The Kier molecular flexibility index (Phi) is 3.84. The van der Waals surface area contributed by atoms with Crippen LogP contribution < -0.4 is 5.32 Å². The summed E-state index contributed by atoms with van der Waals surface area (Å²) in [6, 6.07) is 1.93. The van der Waals surface area contributed by atoms with Crippen LogP contribution in [0.5, 0.6) is 0 Å². The van der Waals surface area contributed by atoms with Crippen molar-refractivity contribution < 1.29 is 9.21 Å². The molecule has 1 aromatic heterocycles. The minimum Gasteiger partial charge on any atom is -0.469 e. The van der Waals surface area contributed by atoms with Crippen LogP contribution in [0.15, 0.2) is 16.7 Å². The molecule has 1 atom stereocenters. The van der Waals surface area contributed by atoms with E-state index in [1.54, 1.807) is 11.2 Å². The number of carbonyl (C=O) groups excluding carboxylic acids is 1. The fourth-order valence-electron chi connectivity index (χ4n) is 2.28. The molecule has 1 N–H and O–H groups in total. The van der Waals surface area contributed by atoms with E-state index in [-0.39, 0.29) is 11.8 Å². The minimum absolute atomic E-state index is 0.140. The van der Waals surface area contributed by atoms with Crippen LogP contribution in [0.3, 0.4) is 0 Å². The molecular formula is C13H20N2O2. The predicted molar refractivity (Wildman–Crippen MR) is 65.5 cm³/mol. The van der Waals surface area contributed by atoms with E-state index in [0.29, 0.717) is 6.54 Å². The number of piperidine rings is 1. The molecule has 1 aliphatic heterocycles. The molecule has 94 valence electrons. The monoisotopic (exact) mass is 236 g/mol. The van der Waals surface area contributed by atoms with Gasteiger partial charge < -0.3 is 14.6 Å². The van der Waals surface area contributed by atoms with E-state index in [4.69, 9.17) is 4.42 Å². The average molecular weight is 236 g/mol. The fourth-order valence-corrected chi connectivity index (χ4v) is 2.28. The van der Waals surface area contributed by atoms with Crippen molar-refractivity contribution in [3.63, 3.8) is 0 Å². The van der Waals surface area contributed by atoms with Crippen molar-refractivity contribution in [2.24, 2.45) is 5.92 Å². The van der Waals surface area contributed by atoms with Crippen molar-refractivity contribution in [2.75, 3.05) is 20.1 Å². The van der Waals surface area contributed by atoms with E-state index in [1.807, 2.05) is 20.0 Å². The molecule has 0 saturated carbocycles. The van der Waals surface area contributed by atoms with Crippen molar-refractivity contribution in [3.05, 3.63) is 23.7 Å². The number of aryl methyl sites for hydroxylation is 1. The van der Waals surface area contributed by atoms with Gasteiger partial charge in [-0.2, -0.15) is 0 Å². The van der Waals surface area contributed by atoms with Gasteiger partial charge in [0, 0.05) is 25.7 Å². The first-order valence-electron chi connectivity index (χ1n) is 6.17.